The summed E-state index contributed by atoms with van der Waals surface area (Å²) < 4.78 is 1.32. The van der Waals surface area contributed by atoms with Crippen molar-refractivity contribution in [3.05, 3.63) is 53.8 Å². The fraction of sp³-hybridized carbons (Fsp3) is 0.0833. The summed E-state index contributed by atoms with van der Waals surface area (Å²) in [4.78, 5) is 25.6. The molecule has 0 saturated heterocycles. The average molecular weight is 244 g/mol. The number of imidazole rings is 1. The lowest BCUT2D eigenvalue weighted by Gasteiger charge is -1.97. The Bertz CT molecular complexity index is 604. The van der Waals surface area contributed by atoms with E-state index in [1.807, 2.05) is 0 Å². The lowest BCUT2D eigenvalue weighted by atomic mass is 10.1. The van der Waals surface area contributed by atoms with Crippen molar-refractivity contribution in [3.63, 3.8) is 0 Å². The first kappa shape index (κ1) is 12.0. The Morgan fingerprint density at radius 3 is 2.94 bits per heavy atom. The number of non-ortho nitro benzene ring substituents is 1. The first-order valence-electron chi connectivity index (χ1n) is 5.23. The molecule has 0 spiro atoms. The number of rotatable bonds is 3. The number of nitro groups is 1. The quantitative estimate of drug-likeness (QED) is 0.613. The molecule has 0 atom stereocenters. The van der Waals surface area contributed by atoms with Crippen molar-refractivity contribution in [1.82, 2.24) is 9.55 Å². The van der Waals surface area contributed by atoms with Crippen LogP contribution in [-0.4, -0.2) is 20.4 Å². The molecule has 91 valence electrons. The van der Waals surface area contributed by atoms with Crippen LogP contribution in [0.25, 0.3) is 11.3 Å². The summed E-state index contributed by atoms with van der Waals surface area (Å²) in [7, 11) is 0. The smallest absolute Gasteiger partial charge is 0.270 e. The highest BCUT2D eigenvalue weighted by atomic mass is 16.6. The molecule has 0 amide bonds. The largest absolute Gasteiger partial charge is 0.276 e. The van der Waals surface area contributed by atoms with Gasteiger partial charge in [-0.3, -0.25) is 19.5 Å². The Morgan fingerprint density at radius 2 is 2.28 bits per heavy atom. The lowest BCUT2D eigenvalue weighted by Crippen LogP contribution is -2.05. The Morgan fingerprint density at radius 1 is 1.50 bits per heavy atom. The minimum atomic E-state index is -0.471. The number of nitrogens with zero attached hydrogens (tertiary/aromatic N) is 3. The van der Waals surface area contributed by atoms with Crippen LogP contribution >= 0.6 is 0 Å². The minimum absolute atomic E-state index is 0.00876. The van der Waals surface area contributed by atoms with Gasteiger partial charge in [0.05, 0.1) is 10.6 Å². The van der Waals surface area contributed by atoms with Gasteiger partial charge in [0.2, 0.25) is 5.91 Å². The van der Waals surface area contributed by atoms with Gasteiger partial charge in [-0.2, -0.15) is 0 Å². The molecule has 0 aliphatic carbocycles. The highest BCUT2D eigenvalue weighted by Gasteiger charge is 2.10. The first-order valence-corrected chi connectivity index (χ1v) is 5.23. The van der Waals surface area contributed by atoms with Gasteiger partial charge in [0.25, 0.3) is 5.69 Å². The van der Waals surface area contributed by atoms with Crippen molar-refractivity contribution in [2.45, 2.75) is 6.42 Å². The van der Waals surface area contributed by atoms with Crippen LogP contribution in [0.3, 0.4) is 0 Å². The fourth-order valence-corrected chi connectivity index (χ4v) is 1.52. The summed E-state index contributed by atoms with van der Waals surface area (Å²) in [5.74, 6) is -0.181. The Kier molecular flexibility index (Phi) is 3.18. The molecule has 0 N–H and O–H groups in total. The van der Waals surface area contributed by atoms with Crippen molar-refractivity contribution < 1.29 is 9.72 Å². The Labute approximate surface area is 103 Å². The van der Waals surface area contributed by atoms with Crippen molar-refractivity contribution in [2.75, 3.05) is 0 Å². The molecule has 0 fully saturated rings. The number of aromatic nitrogens is 2. The van der Waals surface area contributed by atoms with Crippen molar-refractivity contribution in [2.24, 2.45) is 0 Å². The minimum Gasteiger partial charge on any atom is -0.276 e. The van der Waals surface area contributed by atoms with Crippen molar-refractivity contribution in [1.29, 1.82) is 0 Å². The molecular weight excluding hydrogens is 234 g/mol. The molecule has 1 aromatic carbocycles. The molecule has 0 unspecified atom stereocenters. The van der Waals surface area contributed by atoms with E-state index in [-0.39, 0.29) is 18.0 Å². The zero-order valence-electron chi connectivity index (χ0n) is 9.44. The third-order valence-electron chi connectivity index (χ3n) is 2.44. The summed E-state index contributed by atoms with van der Waals surface area (Å²) in [5, 5.41) is 10.7. The third kappa shape index (κ3) is 2.27. The molecular formula is C12H10N3O3. The summed E-state index contributed by atoms with van der Waals surface area (Å²) in [5.41, 5.74) is 1.10. The zero-order chi connectivity index (χ0) is 13.1. The fourth-order valence-electron chi connectivity index (χ4n) is 1.52. The first-order chi connectivity index (χ1) is 8.61. The van der Waals surface area contributed by atoms with E-state index in [1.54, 1.807) is 12.1 Å². The number of hydrogen-bond donors (Lipinski definition) is 0. The van der Waals surface area contributed by atoms with E-state index in [1.165, 1.54) is 29.2 Å². The van der Waals surface area contributed by atoms with Crippen LogP contribution in [0.1, 0.15) is 11.2 Å². The third-order valence-corrected chi connectivity index (χ3v) is 2.44. The molecule has 0 aliphatic heterocycles. The van der Waals surface area contributed by atoms with Gasteiger partial charge in [-0.15, -0.1) is 0 Å². The van der Waals surface area contributed by atoms with Crippen LogP contribution in [0, 0.1) is 17.0 Å². The number of carbonyl (C=O) groups is 1. The Balaban J connectivity index is 2.37. The molecule has 0 saturated carbocycles. The molecule has 6 nitrogen and oxygen atoms in total. The van der Waals surface area contributed by atoms with E-state index in [0.717, 1.165) is 0 Å². The van der Waals surface area contributed by atoms with Crippen LogP contribution in [0.15, 0.2) is 36.8 Å². The average Bonchev–Trinajstić information content (AvgIpc) is 2.87. The van der Waals surface area contributed by atoms with Gasteiger partial charge in [-0.05, 0) is 6.92 Å². The molecule has 1 heterocycles. The second-order valence-electron chi connectivity index (χ2n) is 3.62. The van der Waals surface area contributed by atoms with Gasteiger partial charge in [0.15, 0.2) is 0 Å². The van der Waals surface area contributed by atoms with Gasteiger partial charge in [0, 0.05) is 30.3 Å². The Hall–Kier alpha value is -2.50. The van der Waals surface area contributed by atoms with E-state index in [2.05, 4.69) is 11.9 Å². The number of carbonyl (C=O) groups excluding carboxylic acids is 1. The predicted molar refractivity (Wildman–Crippen MR) is 64.9 cm³/mol. The molecule has 0 bridgehead atoms. The van der Waals surface area contributed by atoms with Crippen molar-refractivity contribution in [3.8, 4) is 11.3 Å². The lowest BCUT2D eigenvalue weighted by molar-refractivity contribution is -0.384. The van der Waals surface area contributed by atoms with E-state index in [9.17, 15) is 14.9 Å². The molecule has 0 aliphatic rings. The maximum Gasteiger partial charge on any atom is 0.270 e. The van der Waals surface area contributed by atoms with Gasteiger partial charge in [0.1, 0.15) is 6.33 Å². The SMILES string of the molecule is [CH2]CC(=O)n1cnc(-c2cccc([N+](=O)[O-])c2)c1. The second kappa shape index (κ2) is 4.79. The molecule has 2 rings (SSSR count). The van der Waals surface area contributed by atoms with Gasteiger partial charge in [-0.1, -0.05) is 12.1 Å². The van der Waals surface area contributed by atoms with E-state index in [4.69, 9.17) is 0 Å². The summed E-state index contributed by atoms with van der Waals surface area (Å²) in [6, 6.07) is 6.10. The summed E-state index contributed by atoms with van der Waals surface area (Å²) >= 11 is 0. The van der Waals surface area contributed by atoms with Crippen LogP contribution in [-0.2, 0) is 0 Å². The van der Waals surface area contributed by atoms with Gasteiger partial charge in [-0.25, -0.2) is 4.98 Å². The predicted octanol–water partition coefficient (Wildman–Crippen LogP) is 2.32. The maximum atomic E-state index is 11.4. The zero-order valence-corrected chi connectivity index (χ0v) is 9.44. The van der Waals surface area contributed by atoms with Crippen LogP contribution in [0.4, 0.5) is 5.69 Å². The molecule has 1 radical (unpaired) electrons. The van der Waals surface area contributed by atoms with Crippen LogP contribution in [0.2, 0.25) is 0 Å². The van der Waals surface area contributed by atoms with Gasteiger partial charge >= 0.3 is 0 Å². The van der Waals surface area contributed by atoms with Crippen LogP contribution in [0.5, 0.6) is 0 Å². The highest BCUT2D eigenvalue weighted by Crippen LogP contribution is 2.22. The second-order valence-corrected chi connectivity index (χ2v) is 3.62. The molecule has 18 heavy (non-hydrogen) atoms. The monoisotopic (exact) mass is 244 g/mol. The molecule has 6 heteroatoms. The molecule has 1 aromatic heterocycles. The number of benzene rings is 1. The normalized spacial score (nSPS) is 10.3. The van der Waals surface area contributed by atoms with Gasteiger partial charge < -0.3 is 0 Å². The van der Waals surface area contributed by atoms with Crippen molar-refractivity contribution >= 4 is 11.6 Å². The highest BCUT2D eigenvalue weighted by molar-refractivity contribution is 5.80. The van der Waals surface area contributed by atoms with E-state index >= 15 is 0 Å². The maximum absolute atomic E-state index is 11.4. The van der Waals surface area contributed by atoms with Crippen LogP contribution < -0.4 is 0 Å². The number of hydrogen-bond acceptors (Lipinski definition) is 4. The standard InChI is InChI=1S/C12H10N3O3/c1-2-12(16)14-7-11(13-8-14)9-4-3-5-10(6-9)15(17)18/h3-8H,1-2H2. The number of nitro benzene ring substituents is 1. The summed E-state index contributed by atoms with van der Waals surface area (Å²) in [6.07, 6.45) is 3.04. The topological polar surface area (TPSA) is 78.0 Å². The van der Waals surface area contributed by atoms with E-state index < -0.39 is 4.92 Å². The summed E-state index contributed by atoms with van der Waals surface area (Å²) in [6.45, 7) is 3.49. The van der Waals surface area contributed by atoms with E-state index in [0.29, 0.717) is 11.3 Å². The molecule has 2 aromatic rings.